The van der Waals surface area contributed by atoms with Crippen molar-refractivity contribution in [2.24, 2.45) is 11.3 Å². The first-order valence-electron chi connectivity index (χ1n) is 8.07. The van der Waals surface area contributed by atoms with Crippen LogP contribution in [0.25, 0.3) is 0 Å². The van der Waals surface area contributed by atoms with Crippen LogP contribution in [0.1, 0.15) is 65.7 Å². The van der Waals surface area contributed by atoms with Gasteiger partial charge in [-0.2, -0.15) is 0 Å². The van der Waals surface area contributed by atoms with Crippen molar-refractivity contribution < 1.29 is 4.79 Å². The zero-order valence-electron chi connectivity index (χ0n) is 13.2. The van der Waals surface area contributed by atoms with Crippen molar-refractivity contribution in [3.8, 4) is 0 Å². The Morgan fingerprint density at radius 2 is 1.70 bits per heavy atom. The summed E-state index contributed by atoms with van der Waals surface area (Å²) < 4.78 is 1.84. The van der Waals surface area contributed by atoms with Gasteiger partial charge in [0.25, 0.3) is 0 Å². The van der Waals surface area contributed by atoms with E-state index in [0.717, 1.165) is 25.9 Å². The zero-order valence-corrected chi connectivity index (χ0v) is 13.9. The van der Waals surface area contributed by atoms with Crippen molar-refractivity contribution in [1.82, 2.24) is 9.74 Å². The Balaban J connectivity index is 2.17. The molecule has 1 amide bonds. The van der Waals surface area contributed by atoms with Crippen LogP contribution in [0.4, 0.5) is 0 Å². The topological polar surface area (TPSA) is 32.3 Å². The summed E-state index contributed by atoms with van der Waals surface area (Å²) in [5.74, 6) is 0.811. The highest BCUT2D eigenvalue weighted by Crippen LogP contribution is 2.46. The van der Waals surface area contributed by atoms with Gasteiger partial charge in [0.2, 0.25) is 5.91 Å². The standard InChI is InChI=1S/C16H29ClN2O/c1-15(2,3)18-14(20)16(9-11-19(17)12-10-16)13-7-5-4-6-8-13/h13H,4-12H2,1-3H3,(H,18,20). The molecule has 0 atom stereocenters. The number of carbonyl (C=O) groups is 1. The van der Waals surface area contributed by atoms with Crippen molar-refractivity contribution >= 4 is 17.7 Å². The Bertz CT molecular complexity index is 337. The van der Waals surface area contributed by atoms with Crippen molar-refractivity contribution in [2.75, 3.05) is 13.1 Å². The van der Waals surface area contributed by atoms with Gasteiger partial charge in [0.15, 0.2) is 0 Å². The van der Waals surface area contributed by atoms with Crippen LogP contribution in [-0.4, -0.2) is 29.0 Å². The second kappa shape index (κ2) is 6.23. The van der Waals surface area contributed by atoms with Crippen LogP contribution in [0.3, 0.4) is 0 Å². The Morgan fingerprint density at radius 1 is 1.15 bits per heavy atom. The van der Waals surface area contributed by atoms with Crippen molar-refractivity contribution in [2.45, 2.75) is 71.3 Å². The van der Waals surface area contributed by atoms with E-state index in [0.29, 0.717) is 5.92 Å². The molecule has 1 saturated carbocycles. The molecule has 2 aliphatic rings. The fourth-order valence-corrected chi connectivity index (χ4v) is 3.99. The van der Waals surface area contributed by atoms with E-state index in [4.69, 9.17) is 11.8 Å². The highest BCUT2D eigenvalue weighted by Gasteiger charge is 2.47. The van der Waals surface area contributed by atoms with E-state index in [-0.39, 0.29) is 16.9 Å². The van der Waals surface area contributed by atoms with Gasteiger partial charge in [0.05, 0.1) is 5.41 Å². The predicted molar refractivity (Wildman–Crippen MR) is 83.6 cm³/mol. The number of rotatable bonds is 2. The molecule has 1 saturated heterocycles. The summed E-state index contributed by atoms with van der Waals surface area (Å²) in [6, 6.07) is 0. The van der Waals surface area contributed by atoms with E-state index < -0.39 is 0 Å². The highest BCUT2D eigenvalue weighted by molar-refractivity contribution is 6.13. The summed E-state index contributed by atoms with van der Waals surface area (Å²) in [5, 5.41) is 3.24. The summed E-state index contributed by atoms with van der Waals surface area (Å²) in [6.07, 6.45) is 8.11. The lowest BCUT2D eigenvalue weighted by atomic mass is 9.63. The van der Waals surface area contributed by atoms with Gasteiger partial charge in [-0.3, -0.25) is 4.79 Å². The van der Waals surface area contributed by atoms with E-state index in [2.05, 4.69) is 26.1 Å². The lowest BCUT2D eigenvalue weighted by Crippen LogP contribution is -2.55. The SMILES string of the molecule is CC(C)(C)NC(=O)C1(C2CCCCC2)CCN(Cl)CC1. The maximum atomic E-state index is 13.0. The molecular weight excluding hydrogens is 272 g/mol. The first kappa shape index (κ1) is 16.1. The van der Waals surface area contributed by atoms with Gasteiger partial charge in [0, 0.05) is 18.6 Å². The quantitative estimate of drug-likeness (QED) is 0.788. The van der Waals surface area contributed by atoms with Gasteiger partial charge < -0.3 is 5.32 Å². The fourth-order valence-electron chi connectivity index (χ4n) is 3.82. The monoisotopic (exact) mass is 300 g/mol. The molecule has 3 nitrogen and oxygen atoms in total. The molecule has 1 aliphatic heterocycles. The summed E-state index contributed by atoms with van der Waals surface area (Å²) in [4.78, 5) is 13.0. The maximum Gasteiger partial charge on any atom is 0.226 e. The van der Waals surface area contributed by atoms with Crippen LogP contribution in [0, 0.1) is 11.3 Å². The van der Waals surface area contributed by atoms with Gasteiger partial charge in [0.1, 0.15) is 0 Å². The molecule has 0 bridgehead atoms. The maximum absolute atomic E-state index is 13.0. The van der Waals surface area contributed by atoms with Gasteiger partial charge in [-0.25, -0.2) is 4.42 Å². The smallest absolute Gasteiger partial charge is 0.226 e. The van der Waals surface area contributed by atoms with E-state index in [1.807, 2.05) is 4.42 Å². The Morgan fingerprint density at radius 3 is 2.20 bits per heavy atom. The van der Waals surface area contributed by atoms with E-state index >= 15 is 0 Å². The minimum atomic E-state index is -0.181. The summed E-state index contributed by atoms with van der Waals surface area (Å²) in [7, 11) is 0. The molecule has 2 rings (SSSR count). The van der Waals surface area contributed by atoms with Gasteiger partial charge >= 0.3 is 0 Å². The number of hydrogen-bond acceptors (Lipinski definition) is 2. The third kappa shape index (κ3) is 3.67. The van der Waals surface area contributed by atoms with Crippen LogP contribution < -0.4 is 5.32 Å². The van der Waals surface area contributed by atoms with Gasteiger partial charge in [-0.05, 0) is 64.1 Å². The number of carbonyl (C=O) groups excluding carboxylic acids is 1. The van der Waals surface area contributed by atoms with Crippen LogP contribution in [-0.2, 0) is 4.79 Å². The largest absolute Gasteiger partial charge is 0.351 e. The van der Waals surface area contributed by atoms with Crippen molar-refractivity contribution in [3.63, 3.8) is 0 Å². The number of hydrogen-bond donors (Lipinski definition) is 1. The molecule has 1 heterocycles. The Kier molecular flexibility index (Phi) is 5.01. The zero-order chi connectivity index (χ0) is 14.8. The number of piperidine rings is 1. The minimum Gasteiger partial charge on any atom is -0.351 e. The van der Waals surface area contributed by atoms with Crippen molar-refractivity contribution in [1.29, 1.82) is 0 Å². The molecule has 1 aliphatic carbocycles. The molecule has 0 radical (unpaired) electrons. The number of nitrogens with zero attached hydrogens (tertiary/aromatic N) is 1. The third-order valence-corrected chi connectivity index (χ3v) is 5.27. The summed E-state index contributed by atoms with van der Waals surface area (Å²) in [6.45, 7) is 7.85. The average Bonchev–Trinajstić information content (AvgIpc) is 2.39. The Hall–Kier alpha value is -0.280. The van der Waals surface area contributed by atoms with Crippen LogP contribution in [0.15, 0.2) is 0 Å². The summed E-state index contributed by atoms with van der Waals surface area (Å²) in [5.41, 5.74) is -0.337. The van der Waals surface area contributed by atoms with E-state index in [1.165, 1.54) is 32.1 Å². The van der Waals surface area contributed by atoms with Gasteiger partial charge in [-0.1, -0.05) is 19.3 Å². The van der Waals surface area contributed by atoms with Crippen LogP contribution in [0.5, 0.6) is 0 Å². The second-order valence-corrected chi connectivity index (χ2v) is 8.08. The van der Waals surface area contributed by atoms with E-state index in [1.54, 1.807) is 0 Å². The molecule has 1 N–H and O–H groups in total. The second-order valence-electron chi connectivity index (χ2n) is 7.61. The summed E-state index contributed by atoms with van der Waals surface area (Å²) >= 11 is 6.12. The highest BCUT2D eigenvalue weighted by atomic mass is 35.5. The molecule has 0 spiro atoms. The molecule has 0 aromatic carbocycles. The molecule has 2 fully saturated rings. The average molecular weight is 301 g/mol. The van der Waals surface area contributed by atoms with E-state index in [9.17, 15) is 4.79 Å². The first-order chi connectivity index (χ1) is 9.33. The van der Waals surface area contributed by atoms with Crippen LogP contribution in [0.2, 0.25) is 0 Å². The molecule has 4 heteroatoms. The minimum absolute atomic E-state index is 0.156. The van der Waals surface area contributed by atoms with Crippen LogP contribution >= 0.6 is 11.8 Å². The molecule has 20 heavy (non-hydrogen) atoms. The van der Waals surface area contributed by atoms with Gasteiger partial charge in [-0.15, -0.1) is 0 Å². The predicted octanol–water partition coefficient (Wildman–Crippen LogP) is 3.72. The lowest BCUT2D eigenvalue weighted by Gasteiger charge is -2.46. The number of nitrogens with one attached hydrogen (secondary N) is 1. The molecular formula is C16H29ClN2O. The molecule has 0 aromatic heterocycles. The molecule has 0 aromatic rings. The molecule has 0 unspecified atom stereocenters. The Labute approximate surface area is 128 Å². The lowest BCUT2D eigenvalue weighted by molar-refractivity contribution is -0.140. The fraction of sp³-hybridized carbons (Fsp3) is 0.938. The first-order valence-corrected chi connectivity index (χ1v) is 8.41. The normalized spacial score (nSPS) is 25.4. The molecule has 116 valence electrons. The number of halogens is 1. The van der Waals surface area contributed by atoms with Crippen molar-refractivity contribution in [3.05, 3.63) is 0 Å². The number of amides is 1. The third-order valence-electron chi connectivity index (χ3n) is 4.93.